The Morgan fingerprint density at radius 1 is 1.50 bits per heavy atom. The first-order chi connectivity index (χ1) is 5.79. The molecule has 0 amide bonds. The third-order valence-electron chi connectivity index (χ3n) is 1.95. The number of hydrogen-bond acceptors (Lipinski definition) is 2. The van der Waals surface area contributed by atoms with E-state index in [1.165, 1.54) is 0 Å². The number of halogens is 1. The summed E-state index contributed by atoms with van der Waals surface area (Å²) in [5.41, 5.74) is 0.949. The lowest BCUT2D eigenvalue weighted by Gasteiger charge is -2.24. The van der Waals surface area contributed by atoms with Crippen LogP contribution < -0.4 is 4.74 Å². The topological polar surface area (TPSA) is 18.5 Å². The van der Waals surface area contributed by atoms with E-state index in [2.05, 4.69) is 0 Å². The fraction of sp³-hybridized carbons (Fsp3) is 0.333. The van der Waals surface area contributed by atoms with Gasteiger partial charge in [0.2, 0.25) is 0 Å². The zero-order valence-electron chi connectivity index (χ0n) is 6.71. The normalized spacial score (nSPS) is 21.3. The molecule has 1 heterocycles. The zero-order chi connectivity index (χ0) is 8.55. The Labute approximate surface area is 76.1 Å². The molecule has 3 heteroatoms. The van der Waals surface area contributed by atoms with Crippen LogP contribution in [-0.4, -0.2) is 6.79 Å². The standard InChI is InChI=1S/C9H9ClO2/c1-6-9-7(10)3-2-4-8(9)12-5-11-6/h2-4,6H,5H2,1H3. The summed E-state index contributed by atoms with van der Waals surface area (Å²) in [7, 11) is 0. The predicted molar refractivity (Wildman–Crippen MR) is 46.4 cm³/mol. The van der Waals surface area contributed by atoms with Crippen LogP contribution in [0.4, 0.5) is 0 Å². The van der Waals surface area contributed by atoms with Crippen LogP contribution in [-0.2, 0) is 4.74 Å². The monoisotopic (exact) mass is 184 g/mol. The van der Waals surface area contributed by atoms with E-state index in [-0.39, 0.29) is 6.10 Å². The molecule has 1 atom stereocenters. The molecule has 0 fully saturated rings. The molecule has 1 aliphatic rings. The fourth-order valence-corrected chi connectivity index (χ4v) is 1.64. The van der Waals surface area contributed by atoms with Crippen molar-refractivity contribution >= 4 is 11.6 Å². The molecule has 0 aliphatic carbocycles. The van der Waals surface area contributed by atoms with E-state index in [9.17, 15) is 0 Å². The van der Waals surface area contributed by atoms with Crippen LogP contribution in [0.5, 0.6) is 5.75 Å². The molecule has 12 heavy (non-hydrogen) atoms. The van der Waals surface area contributed by atoms with Crippen LogP contribution >= 0.6 is 11.6 Å². The van der Waals surface area contributed by atoms with Gasteiger partial charge >= 0.3 is 0 Å². The van der Waals surface area contributed by atoms with Crippen molar-refractivity contribution in [2.24, 2.45) is 0 Å². The molecule has 0 spiro atoms. The number of ether oxygens (including phenoxy) is 2. The molecular formula is C9H9ClO2. The maximum Gasteiger partial charge on any atom is 0.189 e. The van der Waals surface area contributed by atoms with Crippen molar-refractivity contribution in [1.29, 1.82) is 0 Å². The second-order valence-corrected chi connectivity index (χ2v) is 3.13. The van der Waals surface area contributed by atoms with Crippen LogP contribution in [0.2, 0.25) is 5.02 Å². The second-order valence-electron chi connectivity index (χ2n) is 2.72. The van der Waals surface area contributed by atoms with Gasteiger partial charge in [-0.15, -0.1) is 0 Å². The Kier molecular flexibility index (Phi) is 1.95. The fourth-order valence-electron chi connectivity index (χ4n) is 1.32. The smallest absolute Gasteiger partial charge is 0.189 e. The molecule has 1 unspecified atom stereocenters. The van der Waals surface area contributed by atoms with Gasteiger partial charge in [-0.05, 0) is 19.1 Å². The van der Waals surface area contributed by atoms with Crippen molar-refractivity contribution in [2.45, 2.75) is 13.0 Å². The SMILES string of the molecule is CC1OCOc2cccc(Cl)c21. The molecule has 64 valence electrons. The summed E-state index contributed by atoms with van der Waals surface area (Å²) >= 11 is 5.98. The summed E-state index contributed by atoms with van der Waals surface area (Å²) < 4.78 is 10.5. The Hall–Kier alpha value is -0.730. The quantitative estimate of drug-likeness (QED) is 0.617. The lowest BCUT2D eigenvalue weighted by molar-refractivity contribution is -0.0511. The molecule has 2 rings (SSSR count). The molecule has 2 nitrogen and oxygen atoms in total. The number of fused-ring (bicyclic) bond motifs is 1. The summed E-state index contributed by atoms with van der Waals surface area (Å²) in [4.78, 5) is 0. The highest BCUT2D eigenvalue weighted by Crippen LogP contribution is 2.36. The van der Waals surface area contributed by atoms with Gasteiger partial charge in [0.1, 0.15) is 5.75 Å². The van der Waals surface area contributed by atoms with E-state index in [1.54, 1.807) is 0 Å². The number of benzene rings is 1. The van der Waals surface area contributed by atoms with Crippen molar-refractivity contribution in [3.05, 3.63) is 28.8 Å². The lowest BCUT2D eigenvalue weighted by Crippen LogP contribution is -2.15. The lowest BCUT2D eigenvalue weighted by atomic mass is 10.1. The van der Waals surface area contributed by atoms with Crippen LogP contribution in [0.1, 0.15) is 18.6 Å². The molecule has 1 aromatic carbocycles. The predicted octanol–water partition coefficient (Wildman–Crippen LogP) is 2.77. The van der Waals surface area contributed by atoms with Crippen molar-refractivity contribution in [2.75, 3.05) is 6.79 Å². The maximum absolute atomic E-state index is 5.98. The summed E-state index contributed by atoms with van der Waals surface area (Å²) in [6, 6.07) is 5.62. The first-order valence-corrected chi connectivity index (χ1v) is 4.19. The molecule has 0 saturated heterocycles. The van der Waals surface area contributed by atoms with Gasteiger partial charge in [0.15, 0.2) is 6.79 Å². The maximum atomic E-state index is 5.98. The average molecular weight is 185 g/mol. The molecule has 0 N–H and O–H groups in total. The van der Waals surface area contributed by atoms with Gasteiger partial charge in [0.05, 0.1) is 11.1 Å². The molecule has 0 bridgehead atoms. The summed E-state index contributed by atoms with van der Waals surface area (Å²) in [5, 5.41) is 0.708. The van der Waals surface area contributed by atoms with Gasteiger partial charge in [-0.2, -0.15) is 0 Å². The highest BCUT2D eigenvalue weighted by molar-refractivity contribution is 6.31. The van der Waals surface area contributed by atoms with Gasteiger partial charge < -0.3 is 9.47 Å². The van der Waals surface area contributed by atoms with Crippen LogP contribution in [0.25, 0.3) is 0 Å². The van der Waals surface area contributed by atoms with E-state index in [0.29, 0.717) is 11.8 Å². The van der Waals surface area contributed by atoms with Crippen LogP contribution in [0.3, 0.4) is 0 Å². The van der Waals surface area contributed by atoms with Crippen molar-refractivity contribution in [3.63, 3.8) is 0 Å². The largest absolute Gasteiger partial charge is 0.467 e. The highest BCUT2D eigenvalue weighted by Gasteiger charge is 2.20. The van der Waals surface area contributed by atoms with E-state index in [0.717, 1.165) is 11.3 Å². The Morgan fingerprint density at radius 3 is 3.08 bits per heavy atom. The molecule has 0 saturated carbocycles. The molecular weight excluding hydrogens is 176 g/mol. The molecule has 1 aromatic rings. The third-order valence-corrected chi connectivity index (χ3v) is 2.28. The third kappa shape index (κ3) is 1.17. The van der Waals surface area contributed by atoms with E-state index in [4.69, 9.17) is 21.1 Å². The molecule has 0 radical (unpaired) electrons. The Balaban J connectivity index is 2.53. The minimum absolute atomic E-state index is 0.0300. The zero-order valence-corrected chi connectivity index (χ0v) is 7.47. The Bertz CT molecular complexity index is 299. The minimum Gasteiger partial charge on any atom is -0.467 e. The average Bonchev–Trinajstić information content (AvgIpc) is 2.04. The first-order valence-electron chi connectivity index (χ1n) is 3.82. The number of hydrogen-bond donors (Lipinski definition) is 0. The van der Waals surface area contributed by atoms with Gasteiger partial charge in [-0.3, -0.25) is 0 Å². The van der Waals surface area contributed by atoms with Crippen LogP contribution in [0.15, 0.2) is 18.2 Å². The Morgan fingerprint density at radius 2 is 2.33 bits per heavy atom. The van der Waals surface area contributed by atoms with E-state index in [1.807, 2.05) is 25.1 Å². The van der Waals surface area contributed by atoms with Crippen molar-refractivity contribution in [1.82, 2.24) is 0 Å². The van der Waals surface area contributed by atoms with E-state index >= 15 is 0 Å². The van der Waals surface area contributed by atoms with Gasteiger partial charge in [-0.25, -0.2) is 0 Å². The number of rotatable bonds is 0. The summed E-state index contributed by atoms with van der Waals surface area (Å²) in [6.07, 6.45) is 0.0300. The van der Waals surface area contributed by atoms with Gasteiger partial charge in [-0.1, -0.05) is 17.7 Å². The molecule has 1 aliphatic heterocycles. The summed E-state index contributed by atoms with van der Waals surface area (Å²) in [5.74, 6) is 0.834. The van der Waals surface area contributed by atoms with Gasteiger partial charge in [0, 0.05) is 5.56 Å². The summed E-state index contributed by atoms with van der Waals surface area (Å²) in [6.45, 7) is 2.28. The first kappa shape index (κ1) is 7.90. The van der Waals surface area contributed by atoms with Crippen molar-refractivity contribution < 1.29 is 9.47 Å². The van der Waals surface area contributed by atoms with Gasteiger partial charge in [0.25, 0.3) is 0 Å². The van der Waals surface area contributed by atoms with E-state index < -0.39 is 0 Å². The van der Waals surface area contributed by atoms with Crippen LogP contribution in [0, 0.1) is 0 Å². The second kappa shape index (κ2) is 2.96. The van der Waals surface area contributed by atoms with Crippen molar-refractivity contribution in [3.8, 4) is 5.75 Å². The minimum atomic E-state index is 0.0300. The molecule has 0 aromatic heterocycles. The highest BCUT2D eigenvalue weighted by atomic mass is 35.5.